The number of benzene rings is 3. The number of rotatable bonds is 7. The van der Waals surface area contributed by atoms with E-state index in [2.05, 4.69) is 100 Å². The largest absolute Gasteiger partial charge is 1.00 e. The molecule has 0 saturated heterocycles. The van der Waals surface area contributed by atoms with Crippen molar-refractivity contribution in [3.8, 4) is 0 Å². The summed E-state index contributed by atoms with van der Waals surface area (Å²) in [6, 6.07) is 26.5. The molecule has 162 valence electrons. The highest BCUT2D eigenvalue weighted by Crippen LogP contribution is 2.55. The minimum atomic E-state index is -2.01. The number of carbonyl (C=O) groups excluding carboxylic acids is 1. The van der Waals surface area contributed by atoms with Crippen LogP contribution in [0.3, 0.4) is 0 Å². The zero-order valence-electron chi connectivity index (χ0n) is 18.7. The van der Waals surface area contributed by atoms with E-state index >= 15 is 0 Å². The molecule has 3 rings (SSSR count). The molecule has 0 N–H and O–H groups in total. The van der Waals surface area contributed by atoms with Crippen molar-refractivity contribution in [2.24, 2.45) is 0 Å². The molecule has 0 atom stereocenters. The maximum absolute atomic E-state index is 12.1. The zero-order chi connectivity index (χ0) is 21.7. The van der Waals surface area contributed by atoms with Crippen LogP contribution in [0.25, 0.3) is 0 Å². The lowest BCUT2D eigenvalue weighted by molar-refractivity contribution is -0.138. The van der Waals surface area contributed by atoms with Crippen LogP contribution in [-0.2, 0) is 9.53 Å². The highest BCUT2D eigenvalue weighted by Gasteiger charge is 2.45. The molecule has 3 aromatic rings. The summed E-state index contributed by atoms with van der Waals surface area (Å²) in [5.41, 5.74) is 4.13. The van der Waals surface area contributed by atoms with Gasteiger partial charge in [-0.2, -0.15) is 0 Å². The quantitative estimate of drug-likeness (QED) is 0.311. The maximum Gasteiger partial charge on any atom is 0.333 e. The molecule has 0 unspecified atom stereocenters. The predicted molar refractivity (Wildman–Crippen MR) is 130 cm³/mol. The van der Waals surface area contributed by atoms with Gasteiger partial charge in [-0.3, -0.25) is 0 Å². The first-order valence-electron chi connectivity index (χ1n) is 10.3. The van der Waals surface area contributed by atoms with Crippen molar-refractivity contribution in [2.45, 2.75) is 27.7 Å². The third-order valence-electron chi connectivity index (χ3n) is 5.43. The van der Waals surface area contributed by atoms with Gasteiger partial charge in [0, 0.05) is 5.57 Å². The first kappa shape index (κ1) is 24.9. The third-order valence-corrected chi connectivity index (χ3v) is 9.83. The zero-order valence-corrected chi connectivity index (χ0v) is 20.3. The smallest absolute Gasteiger partial charge is 0.333 e. The van der Waals surface area contributed by atoms with E-state index in [1.807, 2.05) is 0 Å². The fourth-order valence-corrected chi connectivity index (χ4v) is 7.64. The summed E-state index contributed by atoms with van der Waals surface area (Å²) in [6.07, 6.45) is 0.751. The molecule has 0 aliphatic carbocycles. The molecular formula is C27H30ClO2P. The van der Waals surface area contributed by atoms with E-state index in [1.54, 1.807) is 6.92 Å². The van der Waals surface area contributed by atoms with Crippen molar-refractivity contribution in [2.75, 3.05) is 12.8 Å². The van der Waals surface area contributed by atoms with Crippen molar-refractivity contribution in [3.63, 3.8) is 0 Å². The van der Waals surface area contributed by atoms with Gasteiger partial charge >= 0.3 is 5.97 Å². The molecule has 0 heterocycles. The molecular weight excluding hydrogens is 423 g/mol. The summed E-state index contributed by atoms with van der Waals surface area (Å²) in [7, 11) is -2.01. The fraction of sp³-hybridized carbons (Fsp3) is 0.222. The summed E-state index contributed by atoms with van der Waals surface area (Å²) in [4.78, 5) is 12.1. The minimum absolute atomic E-state index is 0. The Balaban J connectivity index is 0.00000341. The van der Waals surface area contributed by atoms with Gasteiger partial charge in [0.15, 0.2) is 0 Å². The molecule has 0 aliphatic heterocycles. The molecule has 0 radical (unpaired) electrons. The SMILES string of the molecule is C=C(C)C(=O)OCC[P+](c1ccc(C)cc1)(c1ccc(C)cc1)c1ccc(C)cc1.[Cl-]. The topological polar surface area (TPSA) is 26.3 Å². The Morgan fingerprint density at radius 2 is 1.06 bits per heavy atom. The predicted octanol–water partition coefficient (Wildman–Crippen LogP) is 2.03. The standard InChI is InChI=1S/C27H30O2P.ClH/c1-20(2)27(28)29-18-19-30(24-12-6-21(3)7-13-24,25-14-8-22(4)9-15-25)26-16-10-23(5)11-17-26;/h6-17H,1,18-19H2,2-5H3;1H/q+1;/p-1. The second kappa shape index (κ2) is 10.8. The summed E-state index contributed by atoms with van der Waals surface area (Å²) in [5.74, 6) is -0.329. The molecule has 0 aromatic heterocycles. The molecule has 4 heteroatoms. The summed E-state index contributed by atoms with van der Waals surface area (Å²) >= 11 is 0. The van der Waals surface area contributed by atoms with E-state index in [9.17, 15) is 4.79 Å². The van der Waals surface area contributed by atoms with Gasteiger partial charge in [0.25, 0.3) is 0 Å². The van der Waals surface area contributed by atoms with Crippen LogP contribution in [0.4, 0.5) is 0 Å². The van der Waals surface area contributed by atoms with Gasteiger partial charge in [-0.15, -0.1) is 0 Å². The Kier molecular flexibility index (Phi) is 8.62. The summed E-state index contributed by atoms with van der Waals surface area (Å²) < 4.78 is 5.58. The van der Waals surface area contributed by atoms with Crippen LogP contribution in [0, 0.1) is 20.8 Å². The third kappa shape index (κ3) is 5.64. The van der Waals surface area contributed by atoms with E-state index in [0.29, 0.717) is 12.2 Å². The van der Waals surface area contributed by atoms with Crippen LogP contribution >= 0.6 is 7.26 Å². The summed E-state index contributed by atoms with van der Waals surface area (Å²) in [5, 5.41) is 3.89. The highest BCUT2D eigenvalue weighted by molar-refractivity contribution is 7.95. The Labute approximate surface area is 193 Å². The van der Waals surface area contributed by atoms with Crippen LogP contribution in [0.15, 0.2) is 84.9 Å². The van der Waals surface area contributed by atoms with Crippen molar-refractivity contribution in [3.05, 3.63) is 102 Å². The molecule has 31 heavy (non-hydrogen) atoms. The number of hydrogen-bond acceptors (Lipinski definition) is 2. The average molecular weight is 453 g/mol. The second-order valence-electron chi connectivity index (χ2n) is 7.96. The number of esters is 1. The van der Waals surface area contributed by atoms with Crippen LogP contribution < -0.4 is 28.3 Å². The van der Waals surface area contributed by atoms with E-state index in [-0.39, 0.29) is 18.4 Å². The van der Waals surface area contributed by atoms with E-state index < -0.39 is 7.26 Å². The lowest BCUT2D eigenvalue weighted by Gasteiger charge is -2.28. The molecule has 0 amide bonds. The Hall–Kier alpha value is -2.41. The second-order valence-corrected chi connectivity index (χ2v) is 11.6. The lowest BCUT2D eigenvalue weighted by atomic mass is 10.2. The van der Waals surface area contributed by atoms with Gasteiger partial charge in [0.05, 0.1) is 0 Å². The number of hydrogen-bond donors (Lipinski definition) is 0. The number of carbonyl (C=O) groups is 1. The molecule has 0 saturated carbocycles. The maximum atomic E-state index is 12.1. The molecule has 0 bridgehead atoms. The van der Waals surface area contributed by atoms with Crippen LogP contribution in [-0.4, -0.2) is 18.7 Å². The molecule has 3 aromatic carbocycles. The van der Waals surface area contributed by atoms with Crippen LogP contribution in [0.2, 0.25) is 0 Å². The normalized spacial score (nSPS) is 10.8. The average Bonchev–Trinajstić information content (AvgIpc) is 2.73. The number of ether oxygens (including phenoxy) is 1. The van der Waals surface area contributed by atoms with Crippen molar-refractivity contribution < 1.29 is 21.9 Å². The van der Waals surface area contributed by atoms with Gasteiger partial charge < -0.3 is 17.1 Å². The van der Waals surface area contributed by atoms with E-state index in [4.69, 9.17) is 4.74 Å². The van der Waals surface area contributed by atoms with Gasteiger partial charge in [-0.25, -0.2) is 4.79 Å². The Morgan fingerprint density at radius 3 is 1.35 bits per heavy atom. The van der Waals surface area contributed by atoms with Crippen molar-refractivity contribution >= 4 is 29.1 Å². The van der Waals surface area contributed by atoms with E-state index in [1.165, 1.54) is 32.6 Å². The monoisotopic (exact) mass is 452 g/mol. The van der Waals surface area contributed by atoms with Gasteiger partial charge in [-0.05, 0) is 64.1 Å². The Morgan fingerprint density at radius 1 is 0.742 bits per heavy atom. The van der Waals surface area contributed by atoms with E-state index in [0.717, 1.165) is 6.16 Å². The van der Waals surface area contributed by atoms with Crippen molar-refractivity contribution in [1.29, 1.82) is 0 Å². The first-order chi connectivity index (χ1) is 14.3. The Bertz CT molecular complexity index is 911. The van der Waals surface area contributed by atoms with Crippen molar-refractivity contribution in [1.82, 2.24) is 0 Å². The molecule has 2 nitrogen and oxygen atoms in total. The van der Waals surface area contributed by atoms with Crippen LogP contribution in [0.1, 0.15) is 23.6 Å². The summed E-state index contributed by atoms with van der Waals surface area (Å²) in [6.45, 7) is 12.1. The fourth-order valence-electron chi connectivity index (χ4n) is 3.63. The van der Waals surface area contributed by atoms with Crippen LogP contribution in [0.5, 0.6) is 0 Å². The lowest BCUT2D eigenvalue weighted by Crippen LogP contribution is -3.00. The number of halogens is 1. The van der Waals surface area contributed by atoms with Gasteiger partial charge in [-0.1, -0.05) is 59.7 Å². The highest BCUT2D eigenvalue weighted by atomic mass is 35.5. The number of aryl methyl sites for hydroxylation is 3. The minimum Gasteiger partial charge on any atom is -1.00 e. The van der Waals surface area contributed by atoms with Gasteiger partial charge in [0.1, 0.15) is 35.9 Å². The van der Waals surface area contributed by atoms with Gasteiger partial charge in [0.2, 0.25) is 0 Å². The molecule has 0 spiro atoms. The molecule has 0 aliphatic rings. The molecule has 0 fully saturated rings. The first-order valence-corrected chi connectivity index (χ1v) is 12.2.